The van der Waals surface area contributed by atoms with Gasteiger partial charge in [-0.2, -0.15) is 0 Å². The molecule has 96 valence electrons. The van der Waals surface area contributed by atoms with Crippen molar-refractivity contribution >= 4 is 11.6 Å². The Morgan fingerprint density at radius 3 is 2.53 bits per heavy atom. The maximum atomic E-state index is 6.45. The van der Waals surface area contributed by atoms with Crippen LogP contribution in [-0.2, 0) is 6.42 Å². The molecule has 0 spiro atoms. The van der Waals surface area contributed by atoms with E-state index in [1.54, 1.807) is 0 Å². The summed E-state index contributed by atoms with van der Waals surface area (Å²) in [6, 6.07) is 4.07. The molecule has 1 heterocycles. The van der Waals surface area contributed by atoms with Gasteiger partial charge in [0.1, 0.15) is 0 Å². The van der Waals surface area contributed by atoms with Crippen molar-refractivity contribution in [2.24, 2.45) is 11.3 Å². The largest absolute Gasteiger partial charge is 0.261 e. The highest BCUT2D eigenvalue weighted by Gasteiger charge is 2.23. The lowest BCUT2D eigenvalue weighted by Gasteiger charge is -2.28. The highest BCUT2D eigenvalue weighted by molar-refractivity contribution is 6.20. The second kappa shape index (κ2) is 5.86. The van der Waals surface area contributed by atoms with Crippen LogP contribution in [0.25, 0.3) is 0 Å². The fraction of sp³-hybridized carbons (Fsp3) is 0.667. The Hall–Kier alpha value is -0.560. The first kappa shape index (κ1) is 14.5. The third-order valence-electron chi connectivity index (χ3n) is 3.62. The SMILES string of the molecule is Cc1cccnc1CC(Cl)CC(C)C(C)(C)C. The van der Waals surface area contributed by atoms with E-state index in [2.05, 4.69) is 45.7 Å². The molecule has 0 radical (unpaired) electrons. The molecule has 2 unspecified atom stereocenters. The van der Waals surface area contributed by atoms with Crippen LogP contribution in [0.4, 0.5) is 0 Å². The molecule has 17 heavy (non-hydrogen) atoms. The first-order valence-corrected chi connectivity index (χ1v) is 6.79. The van der Waals surface area contributed by atoms with Crippen LogP contribution in [0.5, 0.6) is 0 Å². The van der Waals surface area contributed by atoms with Gasteiger partial charge >= 0.3 is 0 Å². The number of hydrogen-bond acceptors (Lipinski definition) is 1. The Labute approximate surface area is 111 Å². The van der Waals surface area contributed by atoms with E-state index in [0.29, 0.717) is 11.3 Å². The van der Waals surface area contributed by atoms with Crippen molar-refractivity contribution in [2.45, 2.75) is 52.8 Å². The van der Waals surface area contributed by atoms with E-state index in [4.69, 9.17) is 11.6 Å². The second-order valence-corrected chi connectivity index (χ2v) is 6.69. The van der Waals surface area contributed by atoms with Crippen molar-refractivity contribution in [1.29, 1.82) is 0 Å². The summed E-state index contributed by atoms with van der Waals surface area (Å²) < 4.78 is 0. The molecule has 0 bridgehead atoms. The Morgan fingerprint density at radius 1 is 1.35 bits per heavy atom. The van der Waals surface area contributed by atoms with Crippen molar-refractivity contribution in [3.8, 4) is 0 Å². The molecular weight excluding hydrogens is 230 g/mol. The van der Waals surface area contributed by atoms with Crippen LogP contribution in [0.1, 0.15) is 45.4 Å². The van der Waals surface area contributed by atoms with Gasteiger partial charge < -0.3 is 0 Å². The number of pyridine rings is 1. The maximum Gasteiger partial charge on any atom is 0.0447 e. The van der Waals surface area contributed by atoms with Crippen LogP contribution in [-0.4, -0.2) is 10.4 Å². The van der Waals surface area contributed by atoms with Gasteiger partial charge in [0.25, 0.3) is 0 Å². The number of alkyl halides is 1. The molecule has 0 aromatic carbocycles. The second-order valence-electron chi connectivity index (χ2n) is 6.07. The van der Waals surface area contributed by atoms with Crippen molar-refractivity contribution in [2.75, 3.05) is 0 Å². The Bertz CT molecular complexity index is 354. The third-order valence-corrected chi connectivity index (χ3v) is 3.95. The fourth-order valence-corrected chi connectivity index (χ4v) is 2.18. The maximum absolute atomic E-state index is 6.45. The van der Waals surface area contributed by atoms with Crippen LogP contribution in [0.15, 0.2) is 18.3 Å². The Morgan fingerprint density at radius 2 is 2.00 bits per heavy atom. The van der Waals surface area contributed by atoms with Crippen molar-refractivity contribution < 1.29 is 0 Å². The summed E-state index contributed by atoms with van der Waals surface area (Å²) in [4.78, 5) is 4.40. The van der Waals surface area contributed by atoms with Crippen molar-refractivity contribution in [1.82, 2.24) is 4.98 Å². The van der Waals surface area contributed by atoms with Crippen molar-refractivity contribution in [3.05, 3.63) is 29.6 Å². The zero-order valence-electron chi connectivity index (χ0n) is 11.6. The van der Waals surface area contributed by atoms with Gasteiger partial charge in [0.05, 0.1) is 0 Å². The molecule has 1 nitrogen and oxygen atoms in total. The van der Waals surface area contributed by atoms with Crippen LogP contribution >= 0.6 is 11.6 Å². The summed E-state index contributed by atoms with van der Waals surface area (Å²) in [5.41, 5.74) is 2.70. The predicted molar refractivity (Wildman–Crippen MR) is 75.6 cm³/mol. The van der Waals surface area contributed by atoms with Gasteiger partial charge in [0.15, 0.2) is 0 Å². The first-order chi connectivity index (χ1) is 7.80. The zero-order chi connectivity index (χ0) is 13.1. The Kier molecular flexibility index (Phi) is 5.00. The van der Waals surface area contributed by atoms with E-state index >= 15 is 0 Å². The number of nitrogens with zero attached hydrogens (tertiary/aromatic N) is 1. The molecule has 0 saturated heterocycles. The molecule has 0 N–H and O–H groups in total. The standard InChI is InChI=1S/C15H24ClN/c1-11-7-6-8-17-14(11)10-13(16)9-12(2)15(3,4)5/h6-8,12-13H,9-10H2,1-5H3. The number of hydrogen-bond donors (Lipinski definition) is 0. The zero-order valence-corrected chi connectivity index (χ0v) is 12.4. The summed E-state index contributed by atoms with van der Waals surface area (Å²) >= 11 is 6.45. The molecule has 2 atom stereocenters. The fourth-order valence-electron chi connectivity index (χ4n) is 1.76. The van der Waals surface area contributed by atoms with Crippen molar-refractivity contribution in [3.63, 3.8) is 0 Å². The molecule has 1 aromatic rings. The number of rotatable bonds is 4. The highest BCUT2D eigenvalue weighted by Crippen LogP contribution is 2.31. The quantitative estimate of drug-likeness (QED) is 0.714. The highest BCUT2D eigenvalue weighted by atomic mass is 35.5. The average Bonchev–Trinajstić information content (AvgIpc) is 2.20. The minimum atomic E-state index is 0.179. The smallest absolute Gasteiger partial charge is 0.0447 e. The molecule has 1 aromatic heterocycles. The molecule has 0 aliphatic carbocycles. The van der Waals surface area contributed by atoms with E-state index in [1.807, 2.05) is 12.3 Å². The lowest BCUT2D eigenvalue weighted by molar-refractivity contribution is 0.244. The van der Waals surface area contributed by atoms with Gasteiger partial charge in [0, 0.05) is 23.7 Å². The monoisotopic (exact) mass is 253 g/mol. The van der Waals surface area contributed by atoms with E-state index in [-0.39, 0.29) is 5.38 Å². The van der Waals surface area contributed by atoms with Gasteiger partial charge in [-0.15, -0.1) is 11.6 Å². The third kappa shape index (κ3) is 4.67. The molecular formula is C15H24ClN. The summed E-state index contributed by atoms with van der Waals surface area (Å²) in [5.74, 6) is 0.619. The van der Waals surface area contributed by atoms with Gasteiger partial charge in [0.2, 0.25) is 0 Å². The van der Waals surface area contributed by atoms with Gasteiger partial charge in [-0.05, 0) is 36.3 Å². The average molecular weight is 254 g/mol. The topological polar surface area (TPSA) is 12.9 Å². The van der Waals surface area contributed by atoms with E-state index < -0.39 is 0 Å². The number of aryl methyl sites for hydroxylation is 1. The van der Waals surface area contributed by atoms with Gasteiger partial charge in [-0.3, -0.25) is 4.98 Å². The molecule has 2 heteroatoms. The summed E-state index contributed by atoms with van der Waals surface area (Å²) in [5, 5.41) is 0.179. The van der Waals surface area contributed by atoms with E-state index in [0.717, 1.165) is 18.5 Å². The van der Waals surface area contributed by atoms with E-state index in [1.165, 1.54) is 5.56 Å². The van der Waals surface area contributed by atoms with E-state index in [9.17, 15) is 0 Å². The molecule has 1 rings (SSSR count). The Balaban J connectivity index is 2.56. The minimum Gasteiger partial charge on any atom is -0.261 e. The van der Waals surface area contributed by atoms with Crippen LogP contribution in [0, 0.1) is 18.3 Å². The van der Waals surface area contributed by atoms with Gasteiger partial charge in [-0.1, -0.05) is 33.8 Å². The molecule has 0 saturated carbocycles. The lowest BCUT2D eigenvalue weighted by atomic mass is 9.79. The van der Waals surface area contributed by atoms with Crippen LogP contribution in [0.2, 0.25) is 0 Å². The summed E-state index contributed by atoms with van der Waals surface area (Å²) in [7, 11) is 0. The number of halogens is 1. The summed E-state index contributed by atoms with van der Waals surface area (Å²) in [6.07, 6.45) is 3.76. The van der Waals surface area contributed by atoms with Crippen LogP contribution < -0.4 is 0 Å². The molecule has 0 aliphatic rings. The summed E-state index contributed by atoms with van der Waals surface area (Å²) in [6.45, 7) is 11.2. The normalized spacial score (nSPS) is 15.6. The molecule has 0 fully saturated rings. The predicted octanol–water partition coefficient (Wildman–Crippen LogP) is 4.61. The molecule has 0 amide bonds. The first-order valence-electron chi connectivity index (χ1n) is 6.35. The van der Waals surface area contributed by atoms with Crippen LogP contribution in [0.3, 0.4) is 0 Å². The molecule has 0 aliphatic heterocycles. The lowest BCUT2D eigenvalue weighted by Crippen LogP contribution is -2.22. The van der Waals surface area contributed by atoms with Gasteiger partial charge in [-0.25, -0.2) is 0 Å². The number of aromatic nitrogens is 1. The minimum absolute atomic E-state index is 0.179.